The number of esters is 1. The lowest BCUT2D eigenvalue weighted by Crippen LogP contribution is -2.37. The molecule has 0 saturated carbocycles. The number of nitrogens with zero attached hydrogens (tertiary/aromatic N) is 4. The minimum Gasteiger partial charge on any atom is -0.493 e. The number of aryl methyl sites for hydroxylation is 1. The van der Waals surface area contributed by atoms with Crippen LogP contribution in [0, 0.1) is 0 Å². The predicted molar refractivity (Wildman–Crippen MR) is 135 cm³/mol. The zero-order valence-electron chi connectivity index (χ0n) is 21.2. The molecule has 0 amide bonds. The van der Waals surface area contributed by atoms with Crippen molar-refractivity contribution in [3.8, 4) is 11.5 Å². The molecule has 0 atom stereocenters. The van der Waals surface area contributed by atoms with Crippen LogP contribution in [0.25, 0.3) is 10.9 Å². The Morgan fingerprint density at radius 1 is 1.11 bits per heavy atom. The summed E-state index contributed by atoms with van der Waals surface area (Å²) in [6, 6.07) is 5.43. The van der Waals surface area contributed by atoms with Crippen LogP contribution in [0.4, 0.5) is 11.5 Å². The molecule has 1 N–H and O–H groups in total. The highest BCUT2D eigenvalue weighted by Crippen LogP contribution is 2.35. The Kier molecular flexibility index (Phi) is 9.68. The van der Waals surface area contributed by atoms with Gasteiger partial charge in [-0.1, -0.05) is 13.8 Å². The van der Waals surface area contributed by atoms with E-state index in [2.05, 4.69) is 20.2 Å². The van der Waals surface area contributed by atoms with Crippen LogP contribution in [0.15, 0.2) is 30.7 Å². The van der Waals surface area contributed by atoms with Crippen molar-refractivity contribution < 1.29 is 23.7 Å². The summed E-state index contributed by atoms with van der Waals surface area (Å²) in [5, 5.41) is 4.03. The number of morpholine rings is 1. The Morgan fingerprint density at radius 3 is 2.60 bits per heavy atom. The third kappa shape index (κ3) is 6.61. The number of anilines is 2. The van der Waals surface area contributed by atoms with Crippen molar-refractivity contribution in [3.63, 3.8) is 0 Å². The van der Waals surface area contributed by atoms with Gasteiger partial charge in [0.15, 0.2) is 11.5 Å². The number of rotatable bonds is 9. The van der Waals surface area contributed by atoms with Gasteiger partial charge in [-0.15, -0.1) is 0 Å². The van der Waals surface area contributed by atoms with E-state index in [0.717, 1.165) is 50.2 Å². The zero-order chi connectivity index (χ0) is 25.2. The van der Waals surface area contributed by atoms with Crippen molar-refractivity contribution in [3.05, 3.63) is 36.4 Å². The van der Waals surface area contributed by atoms with Gasteiger partial charge < -0.3 is 28.8 Å². The number of carbonyl (C=O) groups is 1. The summed E-state index contributed by atoms with van der Waals surface area (Å²) in [4.78, 5) is 23.1. The Morgan fingerprint density at radius 2 is 1.89 bits per heavy atom. The second-order valence-corrected chi connectivity index (χ2v) is 7.74. The molecule has 1 fully saturated rings. The average Bonchev–Trinajstić information content (AvgIpc) is 3.27. The van der Waals surface area contributed by atoms with E-state index in [0.29, 0.717) is 35.3 Å². The van der Waals surface area contributed by atoms with Crippen LogP contribution >= 0.6 is 0 Å². The number of carbonyl (C=O) groups excluding carboxylic acids is 1. The van der Waals surface area contributed by atoms with E-state index in [9.17, 15) is 4.79 Å². The lowest BCUT2D eigenvalue weighted by molar-refractivity contribution is 0.0357. The van der Waals surface area contributed by atoms with Gasteiger partial charge in [-0.25, -0.2) is 14.8 Å². The number of ether oxygens (including phenoxy) is 4. The lowest BCUT2D eigenvalue weighted by Gasteiger charge is -2.26. The second-order valence-electron chi connectivity index (χ2n) is 7.74. The van der Waals surface area contributed by atoms with E-state index in [1.54, 1.807) is 31.0 Å². The molecule has 0 aliphatic carbocycles. The van der Waals surface area contributed by atoms with Crippen LogP contribution in [-0.2, 0) is 16.5 Å². The molecule has 35 heavy (non-hydrogen) atoms. The van der Waals surface area contributed by atoms with Gasteiger partial charge in [0, 0.05) is 44.3 Å². The Labute approximate surface area is 206 Å². The summed E-state index contributed by atoms with van der Waals surface area (Å²) in [5.74, 6) is 1.44. The van der Waals surface area contributed by atoms with Crippen LogP contribution in [0.1, 0.15) is 30.8 Å². The molecule has 0 unspecified atom stereocenters. The average molecular weight is 486 g/mol. The van der Waals surface area contributed by atoms with E-state index in [1.165, 1.54) is 13.4 Å². The summed E-state index contributed by atoms with van der Waals surface area (Å²) in [6.07, 6.45) is 4.20. The predicted octanol–water partition coefficient (Wildman–Crippen LogP) is 3.63. The van der Waals surface area contributed by atoms with Crippen LogP contribution in [0.2, 0.25) is 0 Å². The third-order valence-corrected chi connectivity index (χ3v) is 5.56. The summed E-state index contributed by atoms with van der Waals surface area (Å²) in [7, 11) is 4.74. The van der Waals surface area contributed by atoms with E-state index in [4.69, 9.17) is 18.9 Å². The number of fused-ring (bicyclic) bond motifs is 1. The van der Waals surface area contributed by atoms with E-state index in [1.807, 2.05) is 26.0 Å². The molecule has 0 radical (unpaired) electrons. The highest BCUT2D eigenvalue weighted by molar-refractivity contribution is 5.94. The fourth-order valence-corrected chi connectivity index (χ4v) is 3.81. The summed E-state index contributed by atoms with van der Waals surface area (Å²) >= 11 is 0. The molecule has 1 saturated heterocycles. The number of benzene rings is 1. The maximum absolute atomic E-state index is 11.9. The van der Waals surface area contributed by atoms with Crippen molar-refractivity contribution in [1.82, 2.24) is 19.4 Å². The zero-order valence-corrected chi connectivity index (χ0v) is 21.2. The third-order valence-electron chi connectivity index (χ3n) is 5.56. The maximum atomic E-state index is 11.9. The van der Waals surface area contributed by atoms with Crippen LogP contribution in [0.5, 0.6) is 11.5 Å². The Hall–Kier alpha value is -3.37. The number of nitrogens with one attached hydrogen (secondary N) is 1. The number of methoxy groups -OCH3 is 2. The van der Waals surface area contributed by atoms with Crippen LogP contribution in [-0.4, -0.2) is 79.1 Å². The summed E-state index contributed by atoms with van der Waals surface area (Å²) in [6.45, 7) is 9.07. The van der Waals surface area contributed by atoms with E-state index < -0.39 is 5.97 Å². The van der Waals surface area contributed by atoms with Crippen LogP contribution in [0.3, 0.4) is 0 Å². The molecular weight excluding hydrogens is 450 g/mol. The molecule has 4 rings (SSSR count). The first kappa shape index (κ1) is 26.2. The fourth-order valence-electron chi connectivity index (χ4n) is 3.81. The quantitative estimate of drug-likeness (QED) is 0.360. The van der Waals surface area contributed by atoms with E-state index in [-0.39, 0.29) is 0 Å². The standard InChI is InChI=1S/C23H29N5O5.C2H6/c1-27-14-16(11-19(27)23(29)31-3)26-22-17-12-20(30-2)21(13-18(17)24-15-25-22)33-8-4-5-28-6-9-32-10-7-28;1-2/h11-15H,4-10H2,1-3H3,(H,24,25,26);1-2H3. The van der Waals surface area contributed by atoms with Crippen molar-refractivity contribution in [2.75, 3.05) is 59.0 Å². The first-order valence-electron chi connectivity index (χ1n) is 11.9. The lowest BCUT2D eigenvalue weighted by atomic mass is 10.2. The Balaban J connectivity index is 0.00000167. The molecule has 1 aliphatic heterocycles. The summed E-state index contributed by atoms with van der Waals surface area (Å²) in [5.41, 5.74) is 1.87. The number of aromatic nitrogens is 3. The summed E-state index contributed by atoms with van der Waals surface area (Å²) < 4.78 is 23.5. The largest absolute Gasteiger partial charge is 0.493 e. The fraction of sp³-hybridized carbons (Fsp3) is 0.480. The van der Waals surface area contributed by atoms with Crippen molar-refractivity contribution in [2.45, 2.75) is 20.3 Å². The normalized spacial score (nSPS) is 13.6. The van der Waals surface area contributed by atoms with Gasteiger partial charge >= 0.3 is 5.97 Å². The van der Waals surface area contributed by atoms with Gasteiger partial charge in [0.05, 0.1) is 45.2 Å². The van der Waals surface area contributed by atoms with Gasteiger partial charge in [-0.3, -0.25) is 4.90 Å². The van der Waals surface area contributed by atoms with Gasteiger partial charge in [0.1, 0.15) is 17.8 Å². The molecule has 0 spiro atoms. The minimum absolute atomic E-state index is 0.407. The molecule has 1 aromatic carbocycles. The van der Waals surface area contributed by atoms with Crippen molar-refractivity contribution >= 4 is 28.4 Å². The molecule has 3 heterocycles. The second kappa shape index (κ2) is 12.9. The highest BCUT2D eigenvalue weighted by atomic mass is 16.5. The van der Waals surface area contributed by atoms with E-state index >= 15 is 0 Å². The molecule has 10 nitrogen and oxygen atoms in total. The van der Waals surface area contributed by atoms with Gasteiger partial charge in [-0.2, -0.15) is 0 Å². The molecule has 2 aromatic heterocycles. The topological polar surface area (TPSA) is 100.0 Å². The molecule has 190 valence electrons. The highest BCUT2D eigenvalue weighted by Gasteiger charge is 2.16. The molecular formula is C25H35N5O5. The maximum Gasteiger partial charge on any atom is 0.354 e. The molecule has 10 heteroatoms. The van der Waals surface area contributed by atoms with Gasteiger partial charge in [0.25, 0.3) is 0 Å². The monoisotopic (exact) mass is 485 g/mol. The number of hydrogen-bond acceptors (Lipinski definition) is 9. The van der Waals surface area contributed by atoms with Crippen molar-refractivity contribution in [1.29, 1.82) is 0 Å². The SMILES string of the molecule is CC.COC(=O)c1cc(Nc2ncnc3cc(OCCCN4CCOCC4)c(OC)cc23)cn1C. The first-order chi connectivity index (χ1) is 17.1. The smallest absolute Gasteiger partial charge is 0.354 e. The van der Waals surface area contributed by atoms with Gasteiger partial charge in [0.2, 0.25) is 0 Å². The first-order valence-corrected chi connectivity index (χ1v) is 11.9. The number of hydrogen-bond donors (Lipinski definition) is 1. The van der Waals surface area contributed by atoms with Gasteiger partial charge in [-0.05, 0) is 18.6 Å². The minimum atomic E-state index is -0.407. The molecule has 1 aliphatic rings. The van der Waals surface area contributed by atoms with Crippen LogP contribution < -0.4 is 14.8 Å². The van der Waals surface area contributed by atoms with Crippen molar-refractivity contribution in [2.24, 2.45) is 7.05 Å². The Bertz CT molecular complexity index is 1110. The molecule has 3 aromatic rings. The molecule has 0 bridgehead atoms.